The maximum atomic E-state index is 10.6. The van der Waals surface area contributed by atoms with E-state index in [0.29, 0.717) is 0 Å². The van der Waals surface area contributed by atoms with Gasteiger partial charge in [-0.2, -0.15) is 4.89 Å². The summed E-state index contributed by atoms with van der Waals surface area (Å²) in [6, 6.07) is -0.292. The van der Waals surface area contributed by atoms with Crippen LogP contribution in [0.1, 0.15) is 6.92 Å². The van der Waals surface area contributed by atoms with Gasteiger partial charge >= 0.3 is 8.03 Å². The first-order valence-corrected chi connectivity index (χ1v) is 4.59. The molecule has 0 saturated carbocycles. The number of nitrogens with one attached hydrogen (secondary N) is 1. The summed E-state index contributed by atoms with van der Waals surface area (Å²) in [5.41, 5.74) is 5.00. The SMILES string of the molecule is CC(C[P+](=O)O)NC(=O)CN. The van der Waals surface area contributed by atoms with Crippen molar-refractivity contribution in [2.45, 2.75) is 13.0 Å². The van der Waals surface area contributed by atoms with E-state index in [0.717, 1.165) is 0 Å². The molecule has 2 unspecified atom stereocenters. The maximum Gasteiger partial charge on any atom is 0.507 e. The fourth-order valence-electron chi connectivity index (χ4n) is 0.614. The molecule has 0 aliphatic heterocycles. The quantitative estimate of drug-likeness (QED) is 0.492. The first kappa shape index (κ1) is 10.5. The van der Waals surface area contributed by atoms with Gasteiger partial charge in [0, 0.05) is 0 Å². The molecule has 0 bridgehead atoms. The molecule has 64 valence electrons. The molecule has 0 aliphatic carbocycles. The van der Waals surface area contributed by atoms with Gasteiger partial charge in [0.25, 0.3) is 0 Å². The van der Waals surface area contributed by atoms with Crippen LogP contribution in [0.15, 0.2) is 0 Å². The highest BCUT2D eigenvalue weighted by Crippen LogP contribution is 2.13. The summed E-state index contributed by atoms with van der Waals surface area (Å²) in [5.74, 6) is -0.311. The minimum absolute atomic E-state index is 0.0705. The van der Waals surface area contributed by atoms with Gasteiger partial charge in [-0.25, -0.2) is 0 Å². The van der Waals surface area contributed by atoms with Gasteiger partial charge in [0.05, 0.1) is 12.6 Å². The normalized spacial score (nSPS) is 13.9. The van der Waals surface area contributed by atoms with Crippen LogP contribution in [-0.2, 0) is 9.36 Å². The Labute approximate surface area is 65.8 Å². The highest BCUT2D eigenvalue weighted by atomic mass is 31.1. The van der Waals surface area contributed by atoms with Crippen molar-refractivity contribution in [3.63, 3.8) is 0 Å². The average Bonchev–Trinajstić information content (AvgIpc) is 1.85. The van der Waals surface area contributed by atoms with Crippen LogP contribution < -0.4 is 11.1 Å². The molecule has 11 heavy (non-hydrogen) atoms. The van der Waals surface area contributed by atoms with Crippen molar-refractivity contribution >= 4 is 13.9 Å². The molecule has 2 atom stereocenters. The summed E-state index contributed by atoms with van der Waals surface area (Å²) >= 11 is 0. The molecule has 0 saturated heterocycles. The zero-order valence-corrected chi connectivity index (χ0v) is 7.17. The topological polar surface area (TPSA) is 92.4 Å². The first-order chi connectivity index (χ1) is 5.06. The molecule has 0 spiro atoms. The smallest absolute Gasteiger partial charge is 0.348 e. The number of hydrogen-bond donors (Lipinski definition) is 3. The molecular weight excluding hydrogens is 167 g/mol. The first-order valence-electron chi connectivity index (χ1n) is 3.19. The van der Waals surface area contributed by atoms with Crippen LogP contribution in [0.2, 0.25) is 0 Å². The Kier molecular flexibility index (Phi) is 4.94. The number of amides is 1. The molecule has 0 fully saturated rings. The van der Waals surface area contributed by atoms with E-state index in [1.54, 1.807) is 6.92 Å². The second-order valence-corrected chi connectivity index (χ2v) is 3.28. The average molecular weight is 179 g/mol. The van der Waals surface area contributed by atoms with Crippen LogP contribution in [0.25, 0.3) is 0 Å². The van der Waals surface area contributed by atoms with Gasteiger partial charge in [0.1, 0.15) is 0 Å². The predicted octanol–water partition coefficient (Wildman–Crippen LogP) is -0.816. The number of carbonyl (C=O) groups excluding carboxylic acids is 1. The van der Waals surface area contributed by atoms with E-state index in [2.05, 4.69) is 5.32 Å². The Morgan fingerprint density at radius 1 is 1.82 bits per heavy atom. The number of rotatable bonds is 4. The lowest BCUT2D eigenvalue weighted by atomic mass is 10.4. The molecule has 0 radical (unpaired) electrons. The Morgan fingerprint density at radius 3 is 2.73 bits per heavy atom. The van der Waals surface area contributed by atoms with Gasteiger partial charge < -0.3 is 11.1 Å². The fourth-order valence-corrected chi connectivity index (χ4v) is 1.17. The van der Waals surface area contributed by atoms with E-state index in [1.165, 1.54) is 0 Å². The van der Waals surface area contributed by atoms with Crippen LogP contribution in [0.4, 0.5) is 0 Å². The van der Waals surface area contributed by atoms with Crippen LogP contribution in [-0.4, -0.2) is 29.5 Å². The Bertz CT molecular complexity index is 162. The van der Waals surface area contributed by atoms with Crippen LogP contribution in [0, 0.1) is 0 Å². The lowest BCUT2D eigenvalue weighted by molar-refractivity contribution is -0.120. The van der Waals surface area contributed by atoms with Gasteiger partial charge in [-0.05, 0) is 11.5 Å². The third-order valence-corrected chi connectivity index (χ3v) is 1.88. The van der Waals surface area contributed by atoms with Crippen molar-refractivity contribution in [3.8, 4) is 0 Å². The van der Waals surface area contributed by atoms with Gasteiger partial charge in [0.15, 0.2) is 6.16 Å². The van der Waals surface area contributed by atoms with E-state index in [4.69, 9.17) is 10.6 Å². The zero-order valence-electron chi connectivity index (χ0n) is 6.28. The van der Waals surface area contributed by atoms with E-state index in [-0.39, 0.29) is 24.7 Å². The largest absolute Gasteiger partial charge is 0.507 e. The third kappa shape index (κ3) is 5.91. The summed E-state index contributed by atoms with van der Waals surface area (Å²) in [6.45, 7) is 1.56. The van der Waals surface area contributed by atoms with Crippen molar-refractivity contribution in [1.82, 2.24) is 5.32 Å². The predicted molar refractivity (Wildman–Crippen MR) is 41.4 cm³/mol. The molecule has 0 rings (SSSR count). The highest BCUT2D eigenvalue weighted by Gasteiger charge is 2.17. The Morgan fingerprint density at radius 2 is 2.36 bits per heavy atom. The highest BCUT2D eigenvalue weighted by molar-refractivity contribution is 7.38. The second kappa shape index (κ2) is 5.18. The van der Waals surface area contributed by atoms with E-state index < -0.39 is 8.03 Å². The van der Waals surface area contributed by atoms with E-state index >= 15 is 0 Å². The summed E-state index contributed by atoms with van der Waals surface area (Å²) in [5, 5.41) is 2.45. The van der Waals surface area contributed by atoms with Crippen LogP contribution >= 0.6 is 8.03 Å². The number of nitrogens with two attached hydrogens (primary N) is 1. The second-order valence-electron chi connectivity index (χ2n) is 2.21. The van der Waals surface area contributed by atoms with Crippen molar-refractivity contribution in [2.75, 3.05) is 12.7 Å². The van der Waals surface area contributed by atoms with Gasteiger partial charge in [-0.3, -0.25) is 4.79 Å². The molecule has 4 N–H and O–H groups in total. The molecule has 0 heterocycles. The van der Waals surface area contributed by atoms with Gasteiger partial charge in [0.2, 0.25) is 5.91 Å². The summed E-state index contributed by atoms with van der Waals surface area (Å²) in [7, 11) is -2.18. The Balaban J connectivity index is 3.60. The number of hydrogen-bond acceptors (Lipinski definition) is 3. The molecule has 5 nitrogen and oxygen atoms in total. The summed E-state index contributed by atoms with van der Waals surface area (Å²) < 4.78 is 10.2. The maximum absolute atomic E-state index is 10.6. The lowest BCUT2D eigenvalue weighted by Crippen LogP contribution is -2.38. The molecule has 0 aliphatic rings. The standard InChI is InChI=1S/C5H11N2O3P/c1-4(3-11(9)10)7-5(8)2-6/h4H,2-3,6H2,1H3,(H-,7,8,9,10)/p+1. The third-order valence-electron chi connectivity index (χ3n) is 1.02. The molecular formula is C5H12N2O3P+. The summed E-state index contributed by atoms with van der Waals surface area (Å²) in [4.78, 5) is 19.0. The van der Waals surface area contributed by atoms with Crippen molar-refractivity contribution < 1.29 is 14.3 Å². The molecule has 0 aromatic heterocycles. The molecule has 0 aromatic carbocycles. The van der Waals surface area contributed by atoms with Crippen LogP contribution in [0.5, 0.6) is 0 Å². The summed E-state index contributed by atoms with van der Waals surface area (Å²) in [6.07, 6.45) is 0.0705. The van der Waals surface area contributed by atoms with Gasteiger partial charge in [-0.15, -0.1) is 0 Å². The number of carbonyl (C=O) groups is 1. The van der Waals surface area contributed by atoms with E-state index in [1.807, 2.05) is 0 Å². The minimum atomic E-state index is -2.18. The van der Waals surface area contributed by atoms with Crippen molar-refractivity contribution in [3.05, 3.63) is 0 Å². The van der Waals surface area contributed by atoms with Crippen molar-refractivity contribution in [2.24, 2.45) is 5.73 Å². The van der Waals surface area contributed by atoms with Crippen molar-refractivity contribution in [1.29, 1.82) is 0 Å². The monoisotopic (exact) mass is 179 g/mol. The van der Waals surface area contributed by atoms with Crippen LogP contribution in [0.3, 0.4) is 0 Å². The molecule has 6 heteroatoms. The Hall–Kier alpha value is -0.510. The zero-order chi connectivity index (χ0) is 8.85. The van der Waals surface area contributed by atoms with E-state index in [9.17, 15) is 9.36 Å². The lowest BCUT2D eigenvalue weighted by Gasteiger charge is -2.05. The van der Waals surface area contributed by atoms with Gasteiger partial charge in [-0.1, -0.05) is 0 Å². The molecule has 1 amide bonds. The molecule has 0 aromatic rings. The fraction of sp³-hybridized carbons (Fsp3) is 0.800. The minimum Gasteiger partial charge on any atom is -0.348 e.